The van der Waals surface area contributed by atoms with Gasteiger partial charge in [-0.1, -0.05) is 18.5 Å². The maximum Gasteiger partial charge on any atom is 0.319 e. The molecule has 1 aromatic rings. The van der Waals surface area contributed by atoms with Crippen LogP contribution in [0.4, 0.5) is 10.5 Å². The highest BCUT2D eigenvalue weighted by atomic mass is 35.5. The molecule has 0 saturated carbocycles. The van der Waals surface area contributed by atoms with Crippen LogP contribution < -0.4 is 10.6 Å². The van der Waals surface area contributed by atoms with Crippen molar-refractivity contribution in [1.82, 2.24) is 20.0 Å². The summed E-state index contributed by atoms with van der Waals surface area (Å²) in [7, 11) is 1.55. The lowest BCUT2D eigenvalue weighted by Crippen LogP contribution is -2.58. The average molecular weight is 466 g/mol. The zero-order valence-corrected chi connectivity index (χ0v) is 20.1. The zero-order chi connectivity index (χ0) is 23.1. The number of halogens is 1. The molecule has 8 nitrogen and oxygen atoms in total. The summed E-state index contributed by atoms with van der Waals surface area (Å²) < 4.78 is 5.41. The second-order valence-electron chi connectivity index (χ2n) is 8.55. The van der Waals surface area contributed by atoms with Crippen molar-refractivity contribution in [2.75, 3.05) is 58.2 Å². The first kappa shape index (κ1) is 24.8. The minimum atomic E-state index is -0.753. The van der Waals surface area contributed by atoms with Gasteiger partial charge in [-0.15, -0.1) is 0 Å². The zero-order valence-electron chi connectivity index (χ0n) is 19.3. The third-order valence-electron chi connectivity index (χ3n) is 6.64. The van der Waals surface area contributed by atoms with Gasteiger partial charge in [-0.2, -0.15) is 0 Å². The lowest BCUT2D eigenvalue weighted by atomic mass is 10.0. The summed E-state index contributed by atoms with van der Waals surface area (Å²) >= 11 is 5.89. The van der Waals surface area contributed by atoms with Crippen LogP contribution in [-0.2, 0) is 9.53 Å². The highest BCUT2D eigenvalue weighted by Gasteiger charge is 2.34. The number of nitrogens with one attached hydrogen (secondary N) is 2. The number of piperazine rings is 1. The summed E-state index contributed by atoms with van der Waals surface area (Å²) in [4.78, 5) is 32.7. The second-order valence-corrected chi connectivity index (χ2v) is 8.99. The van der Waals surface area contributed by atoms with Crippen LogP contribution in [0.5, 0.6) is 0 Å². The van der Waals surface area contributed by atoms with Gasteiger partial charge in [0.05, 0.1) is 6.10 Å². The van der Waals surface area contributed by atoms with Crippen molar-refractivity contribution in [3.05, 3.63) is 29.3 Å². The van der Waals surface area contributed by atoms with Crippen LogP contribution in [0.15, 0.2) is 24.3 Å². The number of methoxy groups -OCH3 is 1. The Morgan fingerprint density at radius 3 is 2.28 bits per heavy atom. The van der Waals surface area contributed by atoms with Gasteiger partial charge in [0.25, 0.3) is 0 Å². The average Bonchev–Trinajstić information content (AvgIpc) is 2.83. The minimum absolute atomic E-state index is 0.0974. The van der Waals surface area contributed by atoms with Gasteiger partial charge >= 0.3 is 6.03 Å². The van der Waals surface area contributed by atoms with Crippen LogP contribution in [0.25, 0.3) is 0 Å². The summed E-state index contributed by atoms with van der Waals surface area (Å²) in [5.41, 5.74) is 0.604. The predicted octanol–water partition coefficient (Wildman–Crippen LogP) is 2.49. The van der Waals surface area contributed by atoms with Crippen LogP contribution in [0.1, 0.15) is 26.7 Å². The Morgan fingerprint density at radius 1 is 1.09 bits per heavy atom. The molecule has 0 radical (unpaired) electrons. The molecular formula is C23H36ClN5O3. The van der Waals surface area contributed by atoms with Crippen molar-refractivity contribution >= 4 is 29.2 Å². The van der Waals surface area contributed by atoms with Crippen molar-refractivity contribution in [3.8, 4) is 0 Å². The van der Waals surface area contributed by atoms with E-state index in [1.54, 1.807) is 38.3 Å². The van der Waals surface area contributed by atoms with E-state index in [2.05, 4.69) is 27.4 Å². The molecule has 2 saturated heterocycles. The van der Waals surface area contributed by atoms with E-state index in [0.29, 0.717) is 29.8 Å². The fraction of sp³-hybridized carbons (Fsp3) is 0.652. The molecule has 2 heterocycles. The molecule has 0 aromatic heterocycles. The maximum atomic E-state index is 13.3. The maximum absolute atomic E-state index is 13.3. The lowest BCUT2D eigenvalue weighted by molar-refractivity contribution is -0.138. The van der Waals surface area contributed by atoms with E-state index in [0.717, 1.165) is 45.6 Å². The molecule has 0 spiro atoms. The lowest BCUT2D eigenvalue weighted by Gasteiger charge is -2.43. The molecule has 2 fully saturated rings. The van der Waals surface area contributed by atoms with Crippen LogP contribution in [-0.4, -0.2) is 97.7 Å². The molecule has 3 rings (SSSR count). The van der Waals surface area contributed by atoms with Gasteiger partial charge in [0, 0.05) is 63.1 Å². The number of rotatable bonds is 7. The first-order valence-corrected chi connectivity index (χ1v) is 11.9. The Labute approximate surface area is 196 Å². The van der Waals surface area contributed by atoms with Crippen molar-refractivity contribution in [1.29, 1.82) is 0 Å². The summed E-state index contributed by atoms with van der Waals surface area (Å²) in [5.74, 6) is -0.0974. The highest BCUT2D eigenvalue weighted by molar-refractivity contribution is 6.30. The molecule has 2 atom stereocenters. The fourth-order valence-corrected chi connectivity index (χ4v) is 4.58. The molecule has 0 aliphatic carbocycles. The van der Waals surface area contributed by atoms with Crippen LogP contribution >= 0.6 is 11.6 Å². The number of nitrogens with zero attached hydrogens (tertiary/aromatic N) is 3. The van der Waals surface area contributed by atoms with Crippen LogP contribution in [0, 0.1) is 0 Å². The van der Waals surface area contributed by atoms with E-state index in [1.807, 2.05) is 4.90 Å². The predicted molar refractivity (Wildman–Crippen MR) is 127 cm³/mol. The fourth-order valence-electron chi connectivity index (χ4n) is 4.45. The third kappa shape index (κ3) is 6.57. The summed E-state index contributed by atoms with van der Waals surface area (Å²) in [6.45, 7) is 11.0. The van der Waals surface area contributed by atoms with Gasteiger partial charge in [0.2, 0.25) is 5.91 Å². The Hall–Kier alpha value is -1.87. The summed E-state index contributed by atoms with van der Waals surface area (Å²) in [5, 5.41) is 6.14. The number of ether oxygens (including phenoxy) is 1. The van der Waals surface area contributed by atoms with E-state index < -0.39 is 18.2 Å². The Bertz CT molecular complexity index is 747. The number of carbonyl (C=O) groups excluding carboxylic acids is 2. The van der Waals surface area contributed by atoms with E-state index in [1.165, 1.54) is 0 Å². The van der Waals surface area contributed by atoms with E-state index in [4.69, 9.17) is 16.3 Å². The van der Waals surface area contributed by atoms with Gasteiger partial charge in [-0.3, -0.25) is 9.69 Å². The number of piperidine rings is 1. The molecule has 3 amide bonds. The molecule has 9 heteroatoms. The third-order valence-corrected chi connectivity index (χ3v) is 6.89. The monoisotopic (exact) mass is 465 g/mol. The van der Waals surface area contributed by atoms with Crippen molar-refractivity contribution < 1.29 is 14.3 Å². The Morgan fingerprint density at radius 2 is 1.72 bits per heavy atom. The number of benzene rings is 1. The molecule has 32 heavy (non-hydrogen) atoms. The Balaban J connectivity index is 1.53. The number of likely N-dealkylation sites (N-methyl/N-ethyl adjacent to an activating group) is 1. The van der Waals surface area contributed by atoms with E-state index in [9.17, 15) is 9.59 Å². The van der Waals surface area contributed by atoms with Gasteiger partial charge < -0.3 is 25.2 Å². The summed E-state index contributed by atoms with van der Waals surface area (Å²) in [6.07, 6.45) is 1.48. The first-order chi connectivity index (χ1) is 15.4. The molecule has 178 valence electrons. The van der Waals surface area contributed by atoms with Crippen molar-refractivity contribution in [2.45, 2.75) is 44.9 Å². The number of hydrogen-bond donors (Lipinski definition) is 2. The molecule has 2 unspecified atom stereocenters. The van der Waals surface area contributed by atoms with Crippen molar-refractivity contribution in [3.63, 3.8) is 0 Å². The molecule has 2 aliphatic heterocycles. The standard InChI is InChI=1S/C23H36ClN5O3/c1-4-27-13-15-28(16-14-27)20-9-11-29(12-10-20)22(30)21(17(2)32-3)26-23(31)25-19-7-5-18(24)6-8-19/h5-8,17,20-21H,4,9-16H2,1-3H3,(H2,25,26,31). The number of carbonyl (C=O) groups is 2. The quantitative estimate of drug-likeness (QED) is 0.647. The van der Waals surface area contributed by atoms with Gasteiger partial charge in [0.15, 0.2) is 0 Å². The van der Waals surface area contributed by atoms with Crippen molar-refractivity contribution in [2.24, 2.45) is 0 Å². The van der Waals surface area contributed by atoms with E-state index in [-0.39, 0.29) is 5.91 Å². The molecular weight excluding hydrogens is 430 g/mol. The largest absolute Gasteiger partial charge is 0.379 e. The van der Waals surface area contributed by atoms with Crippen LogP contribution in [0.2, 0.25) is 5.02 Å². The molecule has 0 bridgehead atoms. The van der Waals surface area contributed by atoms with Gasteiger partial charge in [-0.25, -0.2) is 4.79 Å². The molecule has 1 aromatic carbocycles. The first-order valence-electron chi connectivity index (χ1n) is 11.5. The number of anilines is 1. The number of likely N-dealkylation sites (tertiary alicyclic amines) is 1. The van der Waals surface area contributed by atoms with E-state index >= 15 is 0 Å². The second kappa shape index (κ2) is 11.8. The van der Waals surface area contributed by atoms with Gasteiger partial charge in [-0.05, 0) is 50.6 Å². The molecule has 2 N–H and O–H groups in total. The van der Waals surface area contributed by atoms with Gasteiger partial charge in [0.1, 0.15) is 6.04 Å². The van der Waals surface area contributed by atoms with Crippen LogP contribution in [0.3, 0.4) is 0 Å². The molecule has 2 aliphatic rings. The normalized spacial score (nSPS) is 20.6. The number of amides is 3. The highest BCUT2D eigenvalue weighted by Crippen LogP contribution is 2.20. The topological polar surface area (TPSA) is 77.2 Å². The minimum Gasteiger partial charge on any atom is -0.379 e. The number of urea groups is 1. The smallest absolute Gasteiger partial charge is 0.319 e. The number of hydrogen-bond acceptors (Lipinski definition) is 5. The Kier molecular flexibility index (Phi) is 9.16. The summed E-state index contributed by atoms with van der Waals surface area (Å²) in [6, 6.07) is 6.15. The SMILES string of the molecule is CCN1CCN(C2CCN(C(=O)C(NC(=O)Nc3ccc(Cl)cc3)C(C)OC)CC2)CC1.